The van der Waals surface area contributed by atoms with Crippen molar-refractivity contribution in [2.45, 2.75) is 0 Å². The highest BCUT2D eigenvalue weighted by Gasteiger charge is 2.00. The van der Waals surface area contributed by atoms with E-state index >= 15 is 0 Å². The van der Waals surface area contributed by atoms with E-state index in [1.54, 1.807) is 42.6 Å². The van der Waals surface area contributed by atoms with E-state index in [9.17, 15) is 4.79 Å². The SMILES string of the molecule is O=C(O)c1ccc(C=Nc2ccc(O)cc2)cc1. The fourth-order valence-corrected chi connectivity index (χ4v) is 1.40. The Morgan fingerprint density at radius 3 is 2.17 bits per heavy atom. The third-order valence-electron chi connectivity index (χ3n) is 2.37. The molecule has 18 heavy (non-hydrogen) atoms. The van der Waals surface area contributed by atoms with Crippen LogP contribution in [0, 0.1) is 0 Å². The lowest BCUT2D eigenvalue weighted by Crippen LogP contribution is -1.95. The average Bonchev–Trinajstić information content (AvgIpc) is 2.38. The van der Waals surface area contributed by atoms with Crippen LogP contribution in [-0.4, -0.2) is 22.4 Å². The van der Waals surface area contributed by atoms with Gasteiger partial charge in [0.05, 0.1) is 11.3 Å². The Balaban J connectivity index is 2.13. The quantitative estimate of drug-likeness (QED) is 0.812. The maximum absolute atomic E-state index is 10.7. The van der Waals surface area contributed by atoms with Gasteiger partial charge in [-0.2, -0.15) is 0 Å². The van der Waals surface area contributed by atoms with E-state index in [4.69, 9.17) is 10.2 Å². The number of hydrogen-bond donors (Lipinski definition) is 2. The van der Waals surface area contributed by atoms with Crippen molar-refractivity contribution in [2.75, 3.05) is 0 Å². The van der Waals surface area contributed by atoms with Crippen LogP contribution in [-0.2, 0) is 0 Å². The number of aromatic carboxylic acids is 1. The first-order chi connectivity index (χ1) is 8.65. The standard InChI is InChI=1S/C14H11NO3/c16-13-7-5-12(6-8-13)15-9-10-1-3-11(4-2-10)14(17)18/h1-9,16H,(H,17,18). The van der Waals surface area contributed by atoms with Gasteiger partial charge in [0.25, 0.3) is 0 Å². The zero-order valence-corrected chi connectivity index (χ0v) is 9.45. The van der Waals surface area contributed by atoms with E-state index in [-0.39, 0.29) is 11.3 Å². The Kier molecular flexibility index (Phi) is 3.38. The fraction of sp³-hybridized carbons (Fsp3) is 0. The summed E-state index contributed by atoms with van der Waals surface area (Å²) in [7, 11) is 0. The monoisotopic (exact) mass is 241 g/mol. The van der Waals surface area contributed by atoms with Crippen LogP contribution < -0.4 is 0 Å². The Morgan fingerprint density at radius 1 is 1.00 bits per heavy atom. The number of carbonyl (C=O) groups is 1. The molecule has 0 fully saturated rings. The fourth-order valence-electron chi connectivity index (χ4n) is 1.40. The molecule has 2 rings (SSSR count). The molecule has 0 saturated carbocycles. The lowest BCUT2D eigenvalue weighted by molar-refractivity contribution is 0.0697. The molecule has 90 valence electrons. The van der Waals surface area contributed by atoms with Crippen molar-refractivity contribution in [2.24, 2.45) is 4.99 Å². The molecule has 0 saturated heterocycles. The summed E-state index contributed by atoms with van der Waals surface area (Å²) in [6.07, 6.45) is 1.64. The van der Waals surface area contributed by atoms with E-state index in [1.807, 2.05) is 0 Å². The first kappa shape index (κ1) is 11.9. The van der Waals surface area contributed by atoms with Crippen LogP contribution in [0.1, 0.15) is 15.9 Å². The molecule has 0 radical (unpaired) electrons. The molecule has 2 aromatic carbocycles. The van der Waals surface area contributed by atoms with Crippen LogP contribution in [0.5, 0.6) is 5.75 Å². The second-order valence-electron chi connectivity index (χ2n) is 3.70. The van der Waals surface area contributed by atoms with Gasteiger partial charge >= 0.3 is 5.97 Å². The molecule has 0 bridgehead atoms. The third kappa shape index (κ3) is 2.95. The Bertz CT molecular complexity index is 571. The predicted molar refractivity (Wildman–Crippen MR) is 68.8 cm³/mol. The van der Waals surface area contributed by atoms with Crippen LogP contribution >= 0.6 is 0 Å². The number of carboxylic acid groups (broad SMARTS) is 1. The van der Waals surface area contributed by atoms with Gasteiger partial charge in [0.15, 0.2) is 0 Å². The van der Waals surface area contributed by atoms with Crippen molar-refractivity contribution in [1.29, 1.82) is 0 Å². The lowest BCUT2D eigenvalue weighted by Gasteiger charge is -1.96. The summed E-state index contributed by atoms with van der Waals surface area (Å²) in [5, 5.41) is 17.9. The maximum atomic E-state index is 10.7. The lowest BCUT2D eigenvalue weighted by atomic mass is 10.1. The number of carboxylic acids is 1. The highest BCUT2D eigenvalue weighted by molar-refractivity contribution is 5.89. The van der Waals surface area contributed by atoms with Gasteiger partial charge in [-0.05, 0) is 42.0 Å². The second kappa shape index (κ2) is 5.14. The minimum atomic E-state index is -0.947. The third-order valence-corrected chi connectivity index (χ3v) is 2.37. The molecule has 0 aliphatic carbocycles. The molecule has 0 unspecified atom stereocenters. The topological polar surface area (TPSA) is 69.9 Å². The molecule has 0 amide bonds. The van der Waals surface area contributed by atoms with E-state index in [0.29, 0.717) is 0 Å². The summed E-state index contributed by atoms with van der Waals surface area (Å²) >= 11 is 0. The van der Waals surface area contributed by atoms with Gasteiger partial charge in [0.2, 0.25) is 0 Å². The summed E-state index contributed by atoms with van der Waals surface area (Å²) in [6, 6.07) is 12.9. The number of phenolic OH excluding ortho intramolecular Hbond substituents is 1. The second-order valence-corrected chi connectivity index (χ2v) is 3.70. The Labute approximate surface area is 104 Å². The van der Waals surface area contributed by atoms with Gasteiger partial charge in [0, 0.05) is 6.21 Å². The number of phenols is 1. The summed E-state index contributed by atoms with van der Waals surface area (Å²) in [5.74, 6) is -0.753. The van der Waals surface area contributed by atoms with Crippen LogP contribution in [0.25, 0.3) is 0 Å². The minimum absolute atomic E-state index is 0.194. The molecule has 4 heteroatoms. The number of rotatable bonds is 3. The van der Waals surface area contributed by atoms with Crippen molar-refractivity contribution in [1.82, 2.24) is 0 Å². The minimum Gasteiger partial charge on any atom is -0.508 e. The average molecular weight is 241 g/mol. The molecule has 2 aromatic rings. The number of aliphatic imine (C=N–C) groups is 1. The molecule has 0 atom stereocenters. The molecule has 4 nitrogen and oxygen atoms in total. The smallest absolute Gasteiger partial charge is 0.335 e. The molecular formula is C14H11NO3. The van der Waals surface area contributed by atoms with Gasteiger partial charge in [0.1, 0.15) is 5.75 Å². The van der Waals surface area contributed by atoms with Crippen molar-refractivity contribution in [3.8, 4) is 5.75 Å². The molecule has 0 aromatic heterocycles. The molecule has 0 aliphatic heterocycles. The van der Waals surface area contributed by atoms with Gasteiger partial charge in [-0.3, -0.25) is 4.99 Å². The van der Waals surface area contributed by atoms with Crippen molar-refractivity contribution in [3.05, 3.63) is 59.7 Å². The first-order valence-electron chi connectivity index (χ1n) is 5.31. The zero-order chi connectivity index (χ0) is 13.0. The summed E-state index contributed by atoms with van der Waals surface area (Å²) in [6.45, 7) is 0. The number of aromatic hydroxyl groups is 1. The van der Waals surface area contributed by atoms with Gasteiger partial charge in [-0.25, -0.2) is 4.79 Å². The zero-order valence-electron chi connectivity index (χ0n) is 9.45. The summed E-state index contributed by atoms with van der Waals surface area (Å²) in [5.41, 5.74) is 1.78. The van der Waals surface area contributed by atoms with Gasteiger partial charge < -0.3 is 10.2 Å². The van der Waals surface area contributed by atoms with Crippen LogP contribution in [0.2, 0.25) is 0 Å². The Hall–Kier alpha value is -2.62. The molecular weight excluding hydrogens is 230 g/mol. The molecule has 0 spiro atoms. The number of nitrogens with zero attached hydrogens (tertiary/aromatic N) is 1. The van der Waals surface area contributed by atoms with Crippen LogP contribution in [0.3, 0.4) is 0 Å². The predicted octanol–water partition coefficient (Wildman–Crippen LogP) is 2.84. The van der Waals surface area contributed by atoms with Crippen molar-refractivity contribution in [3.63, 3.8) is 0 Å². The van der Waals surface area contributed by atoms with E-state index in [0.717, 1.165) is 11.3 Å². The highest BCUT2D eigenvalue weighted by Crippen LogP contribution is 2.16. The van der Waals surface area contributed by atoms with Crippen LogP contribution in [0.15, 0.2) is 53.5 Å². The normalized spacial score (nSPS) is 10.7. The van der Waals surface area contributed by atoms with Crippen molar-refractivity contribution >= 4 is 17.9 Å². The van der Waals surface area contributed by atoms with Crippen molar-refractivity contribution < 1.29 is 15.0 Å². The maximum Gasteiger partial charge on any atom is 0.335 e. The van der Waals surface area contributed by atoms with Gasteiger partial charge in [-0.15, -0.1) is 0 Å². The highest BCUT2D eigenvalue weighted by atomic mass is 16.4. The van der Waals surface area contributed by atoms with Crippen LogP contribution in [0.4, 0.5) is 5.69 Å². The Morgan fingerprint density at radius 2 is 1.61 bits per heavy atom. The van der Waals surface area contributed by atoms with E-state index in [2.05, 4.69) is 4.99 Å². The summed E-state index contributed by atoms with van der Waals surface area (Å²) < 4.78 is 0. The number of benzene rings is 2. The molecule has 2 N–H and O–H groups in total. The largest absolute Gasteiger partial charge is 0.508 e. The number of hydrogen-bond acceptors (Lipinski definition) is 3. The molecule has 0 aliphatic rings. The van der Waals surface area contributed by atoms with E-state index in [1.165, 1.54) is 12.1 Å². The summed E-state index contributed by atoms with van der Waals surface area (Å²) in [4.78, 5) is 14.9. The first-order valence-corrected chi connectivity index (χ1v) is 5.31. The van der Waals surface area contributed by atoms with E-state index < -0.39 is 5.97 Å². The van der Waals surface area contributed by atoms with Gasteiger partial charge in [-0.1, -0.05) is 12.1 Å². The molecule has 0 heterocycles.